The fraction of sp³-hybridized carbons (Fsp3) is 0.963. The maximum absolute atomic E-state index is 12.2. The van der Waals surface area contributed by atoms with E-state index in [0.29, 0.717) is 17.8 Å². The number of rotatable bonds is 5. The van der Waals surface area contributed by atoms with E-state index in [1.54, 1.807) is 0 Å². The molecular formula is C27H46O2. The lowest BCUT2D eigenvalue weighted by molar-refractivity contribution is -0.156. The molecule has 4 aliphatic rings. The van der Waals surface area contributed by atoms with E-state index in [4.69, 9.17) is 0 Å². The van der Waals surface area contributed by atoms with Crippen LogP contribution in [0.1, 0.15) is 105 Å². The van der Waals surface area contributed by atoms with Gasteiger partial charge in [0.05, 0.1) is 0 Å². The molecule has 9 atom stereocenters. The second-order valence-corrected chi connectivity index (χ2v) is 12.6. The summed E-state index contributed by atoms with van der Waals surface area (Å²) in [4.78, 5) is 12.2. The van der Waals surface area contributed by atoms with E-state index in [1.807, 2.05) is 0 Å². The van der Waals surface area contributed by atoms with Crippen LogP contribution in [-0.4, -0.2) is 17.0 Å². The molecule has 4 rings (SSSR count). The van der Waals surface area contributed by atoms with Crippen molar-refractivity contribution in [2.75, 3.05) is 0 Å². The zero-order valence-electron chi connectivity index (χ0n) is 19.8. The van der Waals surface area contributed by atoms with Gasteiger partial charge in [-0.05, 0) is 97.2 Å². The normalized spacial score (nSPS) is 48.2. The van der Waals surface area contributed by atoms with Crippen LogP contribution in [0, 0.1) is 52.3 Å². The van der Waals surface area contributed by atoms with Crippen LogP contribution in [-0.2, 0) is 4.79 Å². The number of carbonyl (C=O) groups is 1. The molecule has 4 fully saturated rings. The molecule has 0 radical (unpaired) electrons. The average Bonchev–Trinajstić information content (AvgIpc) is 3.00. The van der Waals surface area contributed by atoms with Gasteiger partial charge in [-0.3, -0.25) is 4.79 Å². The second-order valence-electron chi connectivity index (χ2n) is 12.6. The summed E-state index contributed by atoms with van der Waals surface area (Å²) in [6, 6.07) is 0. The predicted molar refractivity (Wildman–Crippen MR) is 119 cm³/mol. The van der Waals surface area contributed by atoms with Crippen molar-refractivity contribution in [3.63, 3.8) is 0 Å². The van der Waals surface area contributed by atoms with Gasteiger partial charge in [0.15, 0.2) is 5.78 Å². The molecular weight excluding hydrogens is 356 g/mol. The smallest absolute Gasteiger partial charge is 0.161 e. The molecule has 4 saturated carbocycles. The van der Waals surface area contributed by atoms with E-state index in [9.17, 15) is 9.90 Å². The summed E-state index contributed by atoms with van der Waals surface area (Å²) in [5, 5.41) is 10.4. The van der Waals surface area contributed by atoms with Gasteiger partial charge in [-0.1, -0.05) is 53.9 Å². The van der Waals surface area contributed by atoms with Gasteiger partial charge in [0.25, 0.3) is 0 Å². The number of ketones is 1. The molecule has 0 spiro atoms. The van der Waals surface area contributed by atoms with Gasteiger partial charge in [-0.25, -0.2) is 0 Å². The fourth-order valence-electron chi connectivity index (χ4n) is 9.12. The van der Waals surface area contributed by atoms with Crippen LogP contribution in [0.4, 0.5) is 0 Å². The topological polar surface area (TPSA) is 37.3 Å². The minimum atomic E-state index is -0.694. The van der Waals surface area contributed by atoms with Crippen LogP contribution < -0.4 is 0 Å². The number of hydrogen-bond acceptors (Lipinski definition) is 2. The Bertz CT molecular complexity index is 612. The summed E-state index contributed by atoms with van der Waals surface area (Å²) < 4.78 is 0. The Morgan fingerprint density at radius 3 is 2.41 bits per heavy atom. The molecule has 1 N–H and O–H groups in total. The van der Waals surface area contributed by atoms with Crippen molar-refractivity contribution in [3.8, 4) is 0 Å². The third-order valence-corrected chi connectivity index (χ3v) is 10.7. The number of fused-ring (bicyclic) bond motifs is 5. The molecule has 0 aliphatic heterocycles. The first kappa shape index (κ1) is 21.8. The zero-order chi connectivity index (χ0) is 21.0. The Morgan fingerprint density at radius 2 is 1.69 bits per heavy atom. The molecule has 2 nitrogen and oxygen atoms in total. The Labute approximate surface area is 179 Å². The van der Waals surface area contributed by atoms with Crippen LogP contribution >= 0.6 is 0 Å². The number of hydrogen-bond donors (Lipinski definition) is 1. The molecule has 0 amide bonds. The predicted octanol–water partition coefficient (Wildman–Crippen LogP) is 6.65. The van der Waals surface area contributed by atoms with Gasteiger partial charge < -0.3 is 5.11 Å². The maximum atomic E-state index is 12.2. The molecule has 0 aromatic carbocycles. The lowest BCUT2D eigenvalue weighted by Gasteiger charge is -2.61. The first-order valence-corrected chi connectivity index (χ1v) is 12.9. The van der Waals surface area contributed by atoms with Crippen molar-refractivity contribution in [3.05, 3.63) is 0 Å². The van der Waals surface area contributed by atoms with Gasteiger partial charge in [-0.15, -0.1) is 0 Å². The summed E-state index contributed by atoms with van der Waals surface area (Å²) in [7, 11) is 0. The molecule has 0 heterocycles. The highest BCUT2D eigenvalue weighted by molar-refractivity contribution is 5.84. The highest BCUT2D eigenvalue weighted by Gasteiger charge is 2.61. The standard InChI is InChI=1S/C27H46O2/c1-17(2)7-6-8-18(3)21-11-12-22-20-10-9-19-15-24(28)25(29)16-27(19,5)23(20)13-14-26(21,22)4/h17-23,25,29H,6-16H2,1-5H3/t18-,19-,20+,21-,22+,23+,25?,26-,27+/m1/s1. The second kappa shape index (κ2) is 7.95. The molecule has 2 heteroatoms. The van der Waals surface area contributed by atoms with Crippen molar-refractivity contribution in [1.29, 1.82) is 0 Å². The molecule has 0 bridgehead atoms. The minimum absolute atomic E-state index is 0.114. The fourth-order valence-corrected chi connectivity index (χ4v) is 9.12. The van der Waals surface area contributed by atoms with Crippen LogP contribution in [0.15, 0.2) is 0 Å². The van der Waals surface area contributed by atoms with Gasteiger partial charge in [0.1, 0.15) is 6.10 Å². The molecule has 29 heavy (non-hydrogen) atoms. The largest absolute Gasteiger partial charge is 0.385 e. The van der Waals surface area contributed by atoms with E-state index in [-0.39, 0.29) is 11.2 Å². The van der Waals surface area contributed by atoms with E-state index >= 15 is 0 Å². The van der Waals surface area contributed by atoms with Crippen molar-refractivity contribution in [2.24, 2.45) is 52.3 Å². The number of carbonyl (C=O) groups excluding carboxylic acids is 1. The summed E-state index contributed by atoms with van der Waals surface area (Å²) in [5.74, 6) is 5.69. The lowest BCUT2D eigenvalue weighted by Crippen LogP contribution is -2.56. The zero-order valence-corrected chi connectivity index (χ0v) is 19.8. The monoisotopic (exact) mass is 402 g/mol. The summed E-state index contributed by atoms with van der Waals surface area (Å²) in [6.45, 7) is 12.3. The van der Waals surface area contributed by atoms with Crippen LogP contribution in [0.3, 0.4) is 0 Å². The quantitative estimate of drug-likeness (QED) is 0.559. The molecule has 166 valence electrons. The molecule has 0 aromatic heterocycles. The van der Waals surface area contributed by atoms with Gasteiger partial charge in [0, 0.05) is 6.42 Å². The Kier molecular flexibility index (Phi) is 5.99. The molecule has 0 saturated heterocycles. The van der Waals surface area contributed by atoms with Crippen LogP contribution in [0.25, 0.3) is 0 Å². The van der Waals surface area contributed by atoms with Crippen molar-refractivity contribution in [2.45, 2.75) is 111 Å². The molecule has 1 unspecified atom stereocenters. The highest BCUT2D eigenvalue weighted by atomic mass is 16.3. The lowest BCUT2D eigenvalue weighted by atomic mass is 9.44. The van der Waals surface area contributed by atoms with Crippen LogP contribution in [0.5, 0.6) is 0 Å². The van der Waals surface area contributed by atoms with E-state index in [0.717, 1.165) is 41.9 Å². The third kappa shape index (κ3) is 3.64. The van der Waals surface area contributed by atoms with Gasteiger partial charge in [-0.2, -0.15) is 0 Å². The number of Topliss-reactive ketones (excluding diaryl/α,β-unsaturated/α-hetero) is 1. The van der Waals surface area contributed by atoms with Crippen molar-refractivity contribution >= 4 is 5.78 Å². The van der Waals surface area contributed by atoms with E-state index in [1.165, 1.54) is 57.8 Å². The Balaban J connectivity index is 1.48. The highest BCUT2D eigenvalue weighted by Crippen LogP contribution is 2.68. The first-order valence-electron chi connectivity index (χ1n) is 12.9. The number of aliphatic hydroxyl groups excluding tert-OH is 1. The number of aliphatic hydroxyl groups is 1. The SMILES string of the molecule is CC(C)CCC[C@@H](C)[C@H]1CC[C@H]2[C@@H]3CC[C@@H]4CC(=O)C(O)C[C@]4(C)[C@H]3CC[C@]12C. The average molecular weight is 403 g/mol. The first-order chi connectivity index (χ1) is 13.7. The molecule has 4 aliphatic carbocycles. The van der Waals surface area contributed by atoms with Crippen molar-refractivity contribution in [1.82, 2.24) is 0 Å². The van der Waals surface area contributed by atoms with Crippen LogP contribution in [0.2, 0.25) is 0 Å². The van der Waals surface area contributed by atoms with E-state index in [2.05, 4.69) is 34.6 Å². The summed E-state index contributed by atoms with van der Waals surface area (Å²) in [5.41, 5.74) is 0.725. The summed E-state index contributed by atoms with van der Waals surface area (Å²) >= 11 is 0. The van der Waals surface area contributed by atoms with Gasteiger partial charge >= 0.3 is 0 Å². The minimum Gasteiger partial charge on any atom is -0.385 e. The molecule has 0 aromatic rings. The third-order valence-electron chi connectivity index (χ3n) is 10.7. The Morgan fingerprint density at radius 1 is 0.966 bits per heavy atom. The van der Waals surface area contributed by atoms with Crippen molar-refractivity contribution < 1.29 is 9.90 Å². The van der Waals surface area contributed by atoms with Gasteiger partial charge in [0.2, 0.25) is 0 Å². The summed E-state index contributed by atoms with van der Waals surface area (Å²) in [6.07, 6.45) is 13.0. The Hall–Kier alpha value is -0.370. The van der Waals surface area contributed by atoms with E-state index < -0.39 is 6.10 Å². The maximum Gasteiger partial charge on any atom is 0.161 e.